The van der Waals surface area contributed by atoms with Gasteiger partial charge in [0.25, 0.3) is 0 Å². The highest BCUT2D eigenvalue weighted by atomic mass is 19.4. The third kappa shape index (κ3) is 2.73. The van der Waals surface area contributed by atoms with Gasteiger partial charge in [0, 0.05) is 0 Å². The second-order valence-corrected chi connectivity index (χ2v) is 3.18. The zero-order valence-electron chi connectivity index (χ0n) is 8.38. The Morgan fingerprint density at radius 1 is 1.31 bits per heavy atom. The summed E-state index contributed by atoms with van der Waals surface area (Å²) >= 11 is 0. The van der Waals surface area contributed by atoms with Crippen molar-refractivity contribution in [1.29, 1.82) is 0 Å². The molecule has 0 saturated heterocycles. The van der Waals surface area contributed by atoms with Gasteiger partial charge in [0.1, 0.15) is 6.04 Å². The summed E-state index contributed by atoms with van der Waals surface area (Å²) in [5.41, 5.74) is -0.514. The highest BCUT2D eigenvalue weighted by Gasteiger charge is 2.30. The molecule has 3 nitrogen and oxygen atoms in total. The Bertz CT molecular complexity index is 373. The van der Waals surface area contributed by atoms with Crippen molar-refractivity contribution >= 4 is 5.97 Å². The number of benzene rings is 1. The lowest BCUT2D eigenvalue weighted by Gasteiger charge is -2.12. The number of rotatable bonds is 3. The van der Waals surface area contributed by atoms with Crippen molar-refractivity contribution in [3.63, 3.8) is 0 Å². The maximum Gasteiger partial charge on any atom is 0.416 e. The predicted molar refractivity (Wildman–Crippen MR) is 50.9 cm³/mol. The Balaban J connectivity index is 2.98. The molecule has 0 aliphatic carbocycles. The molecule has 0 aliphatic heterocycles. The van der Waals surface area contributed by atoms with Crippen molar-refractivity contribution < 1.29 is 23.1 Å². The fraction of sp³-hybridized carbons (Fsp3) is 0.300. The van der Waals surface area contributed by atoms with Crippen LogP contribution in [0.5, 0.6) is 0 Å². The molecule has 0 saturated carbocycles. The van der Waals surface area contributed by atoms with Gasteiger partial charge in [-0.05, 0) is 24.7 Å². The number of carbonyl (C=O) groups is 1. The van der Waals surface area contributed by atoms with Crippen LogP contribution in [0.1, 0.15) is 17.2 Å². The minimum absolute atomic E-state index is 0.281. The molecule has 0 spiro atoms. The topological polar surface area (TPSA) is 49.3 Å². The van der Waals surface area contributed by atoms with Crippen molar-refractivity contribution in [3.8, 4) is 0 Å². The molecule has 0 unspecified atom stereocenters. The predicted octanol–water partition coefficient (Wildman–Crippen LogP) is 2.05. The van der Waals surface area contributed by atoms with Crippen LogP contribution in [0.3, 0.4) is 0 Å². The fourth-order valence-corrected chi connectivity index (χ4v) is 1.30. The van der Waals surface area contributed by atoms with Crippen molar-refractivity contribution in [1.82, 2.24) is 5.32 Å². The van der Waals surface area contributed by atoms with E-state index in [0.717, 1.165) is 24.3 Å². The van der Waals surface area contributed by atoms with E-state index < -0.39 is 23.8 Å². The van der Waals surface area contributed by atoms with E-state index in [9.17, 15) is 18.0 Å². The van der Waals surface area contributed by atoms with E-state index in [1.165, 1.54) is 7.05 Å². The molecule has 0 heterocycles. The van der Waals surface area contributed by atoms with E-state index in [2.05, 4.69) is 5.32 Å². The molecule has 1 rings (SSSR count). The normalized spacial score (nSPS) is 13.5. The summed E-state index contributed by atoms with van der Waals surface area (Å²) < 4.78 is 36.7. The van der Waals surface area contributed by atoms with Gasteiger partial charge >= 0.3 is 12.1 Å². The van der Waals surface area contributed by atoms with Crippen LogP contribution < -0.4 is 5.32 Å². The van der Waals surface area contributed by atoms with Crippen LogP contribution in [0.15, 0.2) is 24.3 Å². The lowest BCUT2D eigenvalue weighted by Crippen LogP contribution is -2.25. The van der Waals surface area contributed by atoms with Crippen LogP contribution in [-0.2, 0) is 11.0 Å². The van der Waals surface area contributed by atoms with Gasteiger partial charge in [-0.1, -0.05) is 12.1 Å². The van der Waals surface area contributed by atoms with Crippen LogP contribution in [0, 0.1) is 0 Å². The van der Waals surface area contributed by atoms with Gasteiger partial charge in [-0.25, -0.2) is 0 Å². The number of nitrogens with one attached hydrogen (secondary N) is 1. The van der Waals surface area contributed by atoms with E-state index in [1.807, 2.05) is 0 Å². The lowest BCUT2D eigenvalue weighted by molar-refractivity contribution is -0.139. The van der Waals surface area contributed by atoms with Gasteiger partial charge in [0.05, 0.1) is 5.56 Å². The highest BCUT2D eigenvalue weighted by molar-refractivity contribution is 5.75. The minimum atomic E-state index is -4.41. The number of aliphatic carboxylic acids is 1. The van der Waals surface area contributed by atoms with E-state index >= 15 is 0 Å². The zero-order chi connectivity index (χ0) is 12.3. The van der Waals surface area contributed by atoms with E-state index in [0.29, 0.717) is 0 Å². The van der Waals surface area contributed by atoms with Crippen molar-refractivity contribution in [2.45, 2.75) is 12.2 Å². The van der Waals surface area contributed by atoms with Crippen LogP contribution >= 0.6 is 0 Å². The lowest BCUT2D eigenvalue weighted by atomic mass is 10.0. The molecule has 0 fully saturated rings. The van der Waals surface area contributed by atoms with Gasteiger partial charge in [-0.2, -0.15) is 13.2 Å². The summed E-state index contributed by atoms with van der Waals surface area (Å²) in [6, 6.07) is 3.03. The molecule has 16 heavy (non-hydrogen) atoms. The third-order valence-corrected chi connectivity index (χ3v) is 2.11. The molecule has 0 radical (unpaired) electrons. The Morgan fingerprint density at radius 3 is 2.12 bits per heavy atom. The van der Waals surface area contributed by atoms with Crippen molar-refractivity contribution in [2.75, 3.05) is 7.05 Å². The van der Waals surface area contributed by atoms with Gasteiger partial charge < -0.3 is 10.4 Å². The molecule has 1 atom stereocenters. The summed E-state index contributed by atoms with van der Waals surface area (Å²) in [4.78, 5) is 10.7. The Hall–Kier alpha value is -1.56. The Kier molecular flexibility index (Phi) is 3.54. The first kappa shape index (κ1) is 12.5. The van der Waals surface area contributed by atoms with Crippen molar-refractivity contribution in [2.24, 2.45) is 0 Å². The van der Waals surface area contributed by atoms with Gasteiger partial charge in [-0.15, -0.1) is 0 Å². The van der Waals surface area contributed by atoms with Crippen molar-refractivity contribution in [3.05, 3.63) is 35.4 Å². The second-order valence-electron chi connectivity index (χ2n) is 3.18. The molecule has 0 aromatic heterocycles. The summed E-state index contributed by atoms with van der Waals surface area (Å²) in [5, 5.41) is 11.3. The third-order valence-electron chi connectivity index (χ3n) is 2.11. The van der Waals surface area contributed by atoms with Gasteiger partial charge in [-0.3, -0.25) is 4.79 Å². The first-order chi connectivity index (χ1) is 7.36. The van der Waals surface area contributed by atoms with Gasteiger partial charge in [0.2, 0.25) is 0 Å². The summed E-state index contributed by atoms with van der Waals surface area (Å²) in [7, 11) is 1.43. The number of hydrogen-bond donors (Lipinski definition) is 2. The molecular weight excluding hydrogens is 223 g/mol. The molecule has 2 N–H and O–H groups in total. The standard InChI is InChI=1S/C10H10F3NO2/c1-14-8(9(15)16)6-2-4-7(5-3-6)10(11,12)13/h2-5,8,14H,1H3,(H,15,16)/t8-/m0/s1. The smallest absolute Gasteiger partial charge is 0.416 e. The fourth-order valence-electron chi connectivity index (χ4n) is 1.30. The van der Waals surface area contributed by atoms with Crippen LogP contribution in [0.2, 0.25) is 0 Å². The number of hydrogen-bond acceptors (Lipinski definition) is 2. The molecule has 0 amide bonds. The quantitative estimate of drug-likeness (QED) is 0.840. The van der Waals surface area contributed by atoms with Crippen LogP contribution in [0.4, 0.5) is 13.2 Å². The number of carboxylic acid groups (broad SMARTS) is 1. The monoisotopic (exact) mass is 233 g/mol. The average molecular weight is 233 g/mol. The van der Waals surface area contributed by atoms with E-state index in [4.69, 9.17) is 5.11 Å². The van der Waals surface area contributed by atoms with Gasteiger partial charge in [0.15, 0.2) is 0 Å². The summed E-state index contributed by atoms with van der Waals surface area (Å²) in [6.45, 7) is 0. The minimum Gasteiger partial charge on any atom is -0.480 e. The molecular formula is C10H10F3NO2. The molecule has 0 aliphatic rings. The van der Waals surface area contributed by atoms with E-state index in [1.54, 1.807) is 0 Å². The first-order valence-corrected chi connectivity index (χ1v) is 4.43. The largest absolute Gasteiger partial charge is 0.480 e. The van der Waals surface area contributed by atoms with Crippen LogP contribution in [0.25, 0.3) is 0 Å². The Morgan fingerprint density at radius 2 is 1.81 bits per heavy atom. The Labute approximate surface area is 89.9 Å². The highest BCUT2D eigenvalue weighted by Crippen LogP contribution is 2.29. The van der Waals surface area contributed by atoms with Crippen LogP contribution in [-0.4, -0.2) is 18.1 Å². The second kappa shape index (κ2) is 4.52. The zero-order valence-corrected chi connectivity index (χ0v) is 8.38. The molecule has 0 bridgehead atoms. The van der Waals surface area contributed by atoms with E-state index in [-0.39, 0.29) is 5.56 Å². The first-order valence-electron chi connectivity index (χ1n) is 4.43. The average Bonchev–Trinajstić information content (AvgIpc) is 2.17. The molecule has 1 aromatic carbocycles. The maximum absolute atomic E-state index is 12.2. The molecule has 88 valence electrons. The maximum atomic E-state index is 12.2. The number of halogens is 3. The molecule has 6 heteroatoms. The number of alkyl halides is 3. The summed E-state index contributed by atoms with van der Waals surface area (Å²) in [6.07, 6.45) is -4.41. The molecule has 1 aromatic rings. The number of likely N-dealkylation sites (N-methyl/N-ethyl adjacent to an activating group) is 1. The summed E-state index contributed by atoms with van der Waals surface area (Å²) in [5.74, 6) is -1.14. The SMILES string of the molecule is CN[C@H](C(=O)O)c1ccc(C(F)(F)F)cc1. The number of carboxylic acids is 1.